The second-order valence-corrected chi connectivity index (χ2v) is 7.11. The Morgan fingerprint density at radius 2 is 1.63 bits per heavy atom. The number of nitrogens with zero attached hydrogens (tertiary/aromatic N) is 1. The lowest BCUT2D eigenvalue weighted by Crippen LogP contribution is -2.29. The van der Waals surface area contributed by atoms with E-state index >= 15 is 0 Å². The van der Waals surface area contributed by atoms with E-state index in [0.717, 1.165) is 28.1 Å². The van der Waals surface area contributed by atoms with Crippen molar-refractivity contribution in [2.24, 2.45) is 5.92 Å². The molecule has 5 heteroatoms. The highest BCUT2D eigenvalue weighted by Crippen LogP contribution is 2.40. The van der Waals surface area contributed by atoms with Gasteiger partial charge >= 0.3 is 5.97 Å². The number of hydrogen-bond donors (Lipinski definition) is 0. The van der Waals surface area contributed by atoms with Crippen LogP contribution < -0.4 is 9.80 Å². The number of methoxy groups -OCH3 is 1. The van der Waals surface area contributed by atoms with Crippen LogP contribution in [0.25, 0.3) is 11.1 Å². The van der Waals surface area contributed by atoms with Gasteiger partial charge in [-0.15, -0.1) is 0 Å². The summed E-state index contributed by atoms with van der Waals surface area (Å²) in [5.41, 5.74) is 4.14. The predicted molar refractivity (Wildman–Crippen MR) is 116 cm³/mol. The van der Waals surface area contributed by atoms with Gasteiger partial charge < -0.3 is 9.47 Å². The van der Waals surface area contributed by atoms with Gasteiger partial charge in [0.25, 0.3) is 0 Å². The molecular formula is C25H25NO4. The molecule has 0 amide bonds. The highest BCUT2D eigenvalue weighted by Gasteiger charge is 2.42. The molecule has 0 spiro atoms. The summed E-state index contributed by atoms with van der Waals surface area (Å²) in [4.78, 5) is 18.6. The second kappa shape index (κ2) is 9.01. The van der Waals surface area contributed by atoms with Gasteiger partial charge in [-0.3, -0.25) is 9.63 Å². The lowest BCUT2D eigenvalue weighted by molar-refractivity contribution is -0.148. The molecule has 0 radical (unpaired) electrons. The first-order chi connectivity index (χ1) is 14.7. The Balaban J connectivity index is 1.67. The molecule has 1 aliphatic rings. The number of hydrogen-bond acceptors (Lipinski definition) is 5. The van der Waals surface area contributed by atoms with Crippen LogP contribution in [0.4, 0.5) is 5.69 Å². The van der Waals surface area contributed by atoms with Gasteiger partial charge in [0.15, 0.2) is 0 Å². The Hall–Kier alpha value is -3.31. The molecule has 1 heterocycles. The molecule has 1 saturated heterocycles. The Bertz CT molecular complexity index is 970. The molecule has 0 saturated carbocycles. The molecule has 2 unspecified atom stereocenters. The molecule has 154 valence electrons. The lowest BCUT2D eigenvalue weighted by atomic mass is 9.92. The highest BCUT2D eigenvalue weighted by atomic mass is 16.7. The van der Waals surface area contributed by atoms with Gasteiger partial charge in [0, 0.05) is 0 Å². The fraction of sp³-hybridized carbons (Fsp3) is 0.240. The maximum atomic E-state index is 12.6. The average molecular weight is 403 g/mol. The molecule has 5 nitrogen and oxygen atoms in total. The van der Waals surface area contributed by atoms with Crippen LogP contribution in [0.15, 0.2) is 78.9 Å². The van der Waals surface area contributed by atoms with Crippen molar-refractivity contribution in [1.82, 2.24) is 0 Å². The monoisotopic (exact) mass is 403 g/mol. The topological polar surface area (TPSA) is 48.0 Å². The first kappa shape index (κ1) is 20.0. The largest absolute Gasteiger partial charge is 0.497 e. The van der Waals surface area contributed by atoms with Gasteiger partial charge in [-0.05, 0) is 47.9 Å². The zero-order chi connectivity index (χ0) is 20.9. The normalized spacial score (nSPS) is 18.3. The fourth-order valence-electron chi connectivity index (χ4n) is 3.78. The molecule has 0 N–H and O–H groups in total. The van der Waals surface area contributed by atoms with E-state index in [4.69, 9.17) is 14.3 Å². The molecule has 0 bridgehead atoms. The van der Waals surface area contributed by atoms with Crippen molar-refractivity contribution in [1.29, 1.82) is 0 Å². The first-order valence-electron chi connectivity index (χ1n) is 10.1. The Morgan fingerprint density at radius 3 is 2.27 bits per heavy atom. The predicted octanol–water partition coefficient (Wildman–Crippen LogP) is 5.03. The van der Waals surface area contributed by atoms with Gasteiger partial charge in [-0.1, -0.05) is 54.6 Å². The van der Waals surface area contributed by atoms with Crippen LogP contribution in [0, 0.1) is 5.92 Å². The van der Waals surface area contributed by atoms with Crippen LogP contribution in [0.2, 0.25) is 0 Å². The number of rotatable bonds is 6. The van der Waals surface area contributed by atoms with Gasteiger partial charge in [0.1, 0.15) is 11.7 Å². The minimum atomic E-state index is -0.408. The summed E-state index contributed by atoms with van der Waals surface area (Å²) in [7, 11) is 1.63. The van der Waals surface area contributed by atoms with E-state index in [2.05, 4.69) is 36.4 Å². The number of carbonyl (C=O) groups excluding carboxylic acids is 1. The van der Waals surface area contributed by atoms with Crippen LogP contribution in [0.1, 0.15) is 18.5 Å². The molecule has 1 aliphatic heterocycles. The molecular weight excluding hydrogens is 378 g/mol. The van der Waals surface area contributed by atoms with Crippen LogP contribution >= 0.6 is 0 Å². The van der Waals surface area contributed by atoms with E-state index in [-0.39, 0.29) is 18.6 Å². The average Bonchev–Trinajstić information content (AvgIpc) is 3.25. The molecule has 4 rings (SSSR count). The van der Waals surface area contributed by atoms with Crippen LogP contribution in [0.3, 0.4) is 0 Å². The molecule has 0 aliphatic carbocycles. The number of esters is 1. The van der Waals surface area contributed by atoms with Crippen LogP contribution in [0.5, 0.6) is 5.75 Å². The molecule has 2 atom stereocenters. The summed E-state index contributed by atoms with van der Waals surface area (Å²) < 4.78 is 10.6. The lowest BCUT2D eigenvalue weighted by Gasteiger charge is -2.27. The van der Waals surface area contributed by atoms with E-state index in [9.17, 15) is 4.79 Å². The Labute approximate surface area is 176 Å². The third-order valence-corrected chi connectivity index (χ3v) is 5.30. The zero-order valence-corrected chi connectivity index (χ0v) is 17.2. The summed E-state index contributed by atoms with van der Waals surface area (Å²) in [6, 6.07) is 25.8. The van der Waals surface area contributed by atoms with Crippen molar-refractivity contribution >= 4 is 11.7 Å². The van der Waals surface area contributed by atoms with Crippen LogP contribution in [-0.2, 0) is 14.4 Å². The van der Waals surface area contributed by atoms with Gasteiger partial charge in [-0.2, -0.15) is 0 Å². The van der Waals surface area contributed by atoms with Gasteiger partial charge in [0.2, 0.25) is 0 Å². The van der Waals surface area contributed by atoms with Crippen molar-refractivity contribution in [2.45, 2.75) is 13.0 Å². The summed E-state index contributed by atoms with van der Waals surface area (Å²) in [5, 5.41) is 1.80. The summed E-state index contributed by atoms with van der Waals surface area (Å²) in [5.74, 6) is 0.115. The van der Waals surface area contributed by atoms with Gasteiger partial charge in [-0.25, -0.2) is 5.06 Å². The zero-order valence-electron chi connectivity index (χ0n) is 17.2. The van der Waals surface area contributed by atoms with Crippen molar-refractivity contribution in [3.63, 3.8) is 0 Å². The second-order valence-electron chi connectivity index (χ2n) is 7.11. The van der Waals surface area contributed by atoms with Crippen molar-refractivity contribution in [2.75, 3.05) is 25.4 Å². The van der Waals surface area contributed by atoms with E-state index in [1.54, 1.807) is 12.2 Å². The maximum Gasteiger partial charge on any atom is 0.313 e. The van der Waals surface area contributed by atoms with Gasteiger partial charge in [0.05, 0.1) is 32.1 Å². The standard InChI is InChI=1S/C25H25NO4/c1-3-29-25(27)23-17-30-26(21-13-15-22(28-2)16-14-21)24(23)20-11-9-19(10-12-20)18-7-5-4-6-8-18/h4-16,23-24H,3,17H2,1-2H3. The number of ether oxygens (including phenoxy) is 2. The minimum Gasteiger partial charge on any atom is -0.497 e. The summed E-state index contributed by atoms with van der Waals surface area (Å²) >= 11 is 0. The van der Waals surface area contributed by atoms with E-state index in [1.165, 1.54) is 0 Å². The minimum absolute atomic E-state index is 0.245. The summed E-state index contributed by atoms with van der Waals surface area (Å²) in [6.07, 6.45) is 0. The third kappa shape index (κ3) is 4.02. The van der Waals surface area contributed by atoms with E-state index < -0.39 is 5.92 Å². The van der Waals surface area contributed by atoms with Crippen LogP contribution in [-0.4, -0.2) is 26.3 Å². The third-order valence-electron chi connectivity index (χ3n) is 5.30. The highest BCUT2D eigenvalue weighted by molar-refractivity contribution is 5.75. The molecule has 3 aromatic rings. The number of benzene rings is 3. The number of carbonyl (C=O) groups is 1. The Morgan fingerprint density at radius 1 is 0.967 bits per heavy atom. The fourth-order valence-corrected chi connectivity index (χ4v) is 3.78. The molecule has 3 aromatic carbocycles. The quantitative estimate of drug-likeness (QED) is 0.540. The SMILES string of the molecule is CCOC(=O)C1CON(c2ccc(OC)cc2)C1c1ccc(-c2ccccc2)cc1. The molecule has 1 fully saturated rings. The first-order valence-corrected chi connectivity index (χ1v) is 10.1. The van der Waals surface area contributed by atoms with Crippen molar-refractivity contribution in [3.8, 4) is 16.9 Å². The van der Waals surface area contributed by atoms with E-state index in [0.29, 0.717) is 6.61 Å². The molecule has 30 heavy (non-hydrogen) atoms. The van der Waals surface area contributed by atoms with Crippen molar-refractivity contribution in [3.05, 3.63) is 84.4 Å². The smallest absolute Gasteiger partial charge is 0.313 e. The summed E-state index contributed by atoms with van der Waals surface area (Å²) in [6.45, 7) is 2.44. The molecule has 0 aromatic heterocycles. The van der Waals surface area contributed by atoms with Crippen molar-refractivity contribution < 1.29 is 19.1 Å². The Kier molecular flexibility index (Phi) is 6.00. The maximum absolute atomic E-state index is 12.6. The number of hydroxylamine groups is 1. The van der Waals surface area contributed by atoms with E-state index in [1.807, 2.05) is 49.4 Å². The number of anilines is 1.